The summed E-state index contributed by atoms with van der Waals surface area (Å²) in [5.41, 5.74) is 3.65. The molecule has 0 saturated heterocycles. The minimum atomic E-state index is -0.266. The molecule has 0 aliphatic rings. The Hall–Kier alpha value is -4.46. The maximum absolute atomic E-state index is 13.5. The number of methoxy groups -OCH3 is 1. The lowest BCUT2D eigenvalue weighted by Gasteiger charge is -2.08. The van der Waals surface area contributed by atoms with Gasteiger partial charge in [-0.25, -0.2) is 9.97 Å². The van der Waals surface area contributed by atoms with Crippen molar-refractivity contribution in [2.45, 2.75) is 6.42 Å². The lowest BCUT2D eigenvalue weighted by atomic mass is 10.1. The minimum absolute atomic E-state index is 0.266. The molecule has 6 nitrogen and oxygen atoms in total. The Morgan fingerprint density at radius 2 is 1.74 bits per heavy atom. The van der Waals surface area contributed by atoms with Crippen LogP contribution in [0.25, 0.3) is 33.7 Å². The molecule has 0 fully saturated rings. The predicted octanol–water partition coefficient (Wildman–Crippen LogP) is 8.12. The molecule has 0 aliphatic carbocycles. The van der Waals surface area contributed by atoms with E-state index in [1.807, 2.05) is 84.9 Å². The topological polar surface area (TPSA) is 77.2 Å². The number of ether oxygens (including phenoxy) is 1. The van der Waals surface area contributed by atoms with Crippen molar-refractivity contribution < 1.29 is 13.9 Å². The molecule has 0 spiro atoms. The first-order valence-corrected chi connectivity index (χ1v) is 13.4. The molecule has 0 aliphatic heterocycles. The lowest BCUT2D eigenvalue weighted by Crippen LogP contribution is -2.12. The number of rotatable bonds is 7. The number of aromatic nitrogens is 2. The number of nitrogens with one attached hydrogen (secondary N) is 1. The van der Waals surface area contributed by atoms with Gasteiger partial charge >= 0.3 is 0 Å². The van der Waals surface area contributed by atoms with Gasteiger partial charge in [0.25, 0.3) is 5.91 Å². The molecule has 0 radical (unpaired) electrons. The maximum Gasteiger partial charge on any atom is 0.258 e. The highest BCUT2D eigenvalue weighted by Gasteiger charge is 2.18. The van der Waals surface area contributed by atoms with Gasteiger partial charge in [0, 0.05) is 28.4 Å². The first-order chi connectivity index (χ1) is 19.1. The van der Waals surface area contributed by atoms with Crippen molar-refractivity contribution in [1.29, 1.82) is 0 Å². The maximum atomic E-state index is 13.5. The van der Waals surface area contributed by atoms with Crippen LogP contribution in [0.1, 0.15) is 20.8 Å². The molecule has 6 rings (SSSR count). The summed E-state index contributed by atoms with van der Waals surface area (Å²) in [6, 6.07) is 28.4. The quantitative estimate of drug-likeness (QED) is 0.217. The molecular formula is C31H22ClN3O3S. The van der Waals surface area contributed by atoms with E-state index < -0.39 is 0 Å². The van der Waals surface area contributed by atoms with Crippen LogP contribution >= 0.6 is 22.9 Å². The highest BCUT2D eigenvalue weighted by atomic mass is 35.5. The third-order valence-corrected chi connectivity index (χ3v) is 7.51. The van der Waals surface area contributed by atoms with Gasteiger partial charge in [0.05, 0.1) is 23.2 Å². The van der Waals surface area contributed by atoms with Crippen molar-refractivity contribution in [3.63, 3.8) is 0 Å². The van der Waals surface area contributed by atoms with Crippen molar-refractivity contribution in [2.24, 2.45) is 0 Å². The van der Waals surface area contributed by atoms with E-state index in [2.05, 4.69) is 10.3 Å². The van der Waals surface area contributed by atoms with E-state index in [0.29, 0.717) is 44.9 Å². The second kappa shape index (κ2) is 10.7. The van der Waals surface area contributed by atoms with Crippen LogP contribution in [0.2, 0.25) is 5.02 Å². The molecule has 0 unspecified atom stereocenters. The van der Waals surface area contributed by atoms with Crippen molar-refractivity contribution in [1.82, 2.24) is 9.97 Å². The van der Waals surface area contributed by atoms with Gasteiger partial charge in [-0.15, -0.1) is 11.3 Å². The van der Waals surface area contributed by atoms with Gasteiger partial charge in [-0.05, 0) is 54.1 Å². The first-order valence-electron chi connectivity index (χ1n) is 12.2. The summed E-state index contributed by atoms with van der Waals surface area (Å²) in [6.45, 7) is 0. The van der Waals surface area contributed by atoms with Crippen molar-refractivity contribution in [3.05, 3.63) is 118 Å². The average molecular weight is 552 g/mol. The molecule has 3 heterocycles. The summed E-state index contributed by atoms with van der Waals surface area (Å²) >= 11 is 7.80. The summed E-state index contributed by atoms with van der Waals surface area (Å²) in [4.78, 5) is 23.7. The smallest absolute Gasteiger partial charge is 0.258 e. The largest absolute Gasteiger partial charge is 0.497 e. The van der Waals surface area contributed by atoms with E-state index in [1.165, 1.54) is 11.3 Å². The number of anilines is 1. The minimum Gasteiger partial charge on any atom is -0.497 e. The number of nitrogens with zero attached hydrogens (tertiary/aromatic N) is 2. The second-order valence-corrected chi connectivity index (χ2v) is 10.3. The molecule has 3 aromatic heterocycles. The van der Waals surface area contributed by atoms with E-state index in [4.69, 9.17) is 25.7 Å². The number of pyridine rings is 1. The third-order valence-electron chi connectivity index (χ3n) is 6.27. The van der Waals surface area contributed by atoms with Crippen molar-refractivity contribution in [3.8, 4) is 28.5 Å². The average Bonchev–Trinajstić information content (AvgIpc) is 3.63. The standard InChI is InChI=1S/C31H22ClN3O3S/c1-37-20-12-10-19(11-13-20)16-21-18-33-31(39-21)35-30(36)24-17-27(34-26-9-5-3-6-22(24)26)29-15-14-28(38-29)23-7-2-4-8-25(23)32/h2-15,17-18H,16H2,1H3,(H,33,35,36). The molecule has 0 saturated carbocycles. The Morgan fingerprint density at radius 1 is 0.974 bits per heavy atom. The number of thiazole rings is 1. The zero-order valence-corrected chi connectivity index (χ0v) is 22.4. The van der Waals surface area contributed by atoms with E-state index >= 15 is 0 Å². The number of carbonyl (C=O) groups is 1. The summed E-state index contributed by atoms with van der Waals surface area (Å²) < 4.78 is 11.3. The number of furan rings is 1. The van der Waals surface area contributed by atoms with Crippen LogP contribution in [0, 0.1) is 0 Å². The van der Waals surface area contributed by atoms with Crippen molar-refractivity contribution in [2.75, 3.05) is 12.4 Å². The highest BCUT2D eigenvalue weighted by molar-refractivity contribution is 7.15. The normalized spacial score (nSPS) is 11.0. The van der Waals surface area contributed by atoms with Gasteiger partial charge in [0.1, 0.15) is 17.2 Å². The SMILES string of the molecule is COc1ccc(Cc2cnc(NC(=O)c3cc(-c4ccc(-c5ccccc5Cl)o4)nc4ccccc34)s2)cc1. The van der Waals surface area contributed by atoms with Crippen LogP contribution in [-0.4, -0.2) is 23.0 Å². The van der Waals surface area contributed by atoms with Crippen LogP contribution in [0.15, 0.2) is 102 Å². The van der Waals surface area contributed by atoms with E-state index in [1.54, 1.807) is 19.4 Å². The number of carbonyl (C=O) groups excluding carboxylic acids is 1. The molecule has 39 heavy (non-hydrogen) atoms. The molecule has 1 amide bonds. The van der Waals surface area contributed by atoms with Crippen LogP contribution in [0.5, 0.6) is 5.75 Å². The van der Waals surface area contributed by atoms with E-state index in [9.17, 15) is 4.79 Å². The zero-order chi connectivity index (χ0) is 26.8. The monoisotopic (exact) mass is 551 g/mol. The van der Waals surface area contributed by atoms with Crippen LogP contribution < -0.4 is 10.1 Å². The predicted molar refractivity (Wildman–Crippen MR) is 156 cm³/mol. The summed E-state index contributed by atoms with van der Waals surface area (Å²) in [6.07, 6.45) is 2.51. The van der Waals surface area contributed by atoms with Gasteiger partial charge in [0.2, 0.25) is 0 Å². The fourth-order valence-electron chi connectivity index (χ4n) is 4.33. The Kier molecular flexibility index (Phi) is 6.84. The molecule has 0 bridgehead atoms. The van der Waals surface area contributed by atoms with Crippen LogP contribution in [-0.2, 0) is 6.42 Å². The van der Waals surface area contributed by atoms with Gasteiger partial charge < -0.3 is 9.15 Å². The number of halogens is 1. The highest BCUT2D eigenvalue weighted by Crippen LogP contribution is 2.33. The van der Waals surface area contributed by atoms with E-state index in [0.717, 1.165) is 27.1 Å². The summed E-state index contributed by atoms with van der Waals surface area (Å²) in [7, 11) is 1.65. The van der Waals surface area contributed by atoms with Gasteiger partial charge in [-0.3, -0.25) is 10.1 Å². The number of amides is 1. The lowest BCUT2D eigenvalue weighted by molar-refractivity contribution is 0.102. The second-order valence-electron chi connectivity index (χ2n) is 8.83. The van der Waals surface area contributed by atoms with Gasteiger partial charge in [-0.1, -0.05) is 54.1 Å². The molecule has 192 valence electrons. The fraction of sp³-hybridized carbons (Fsp3) is 0.0645. The molecule has 3 aromatic carbocycles. The number of benzene rings is 3. The van der Waals surface area contributed by atoms with Crippen LogP contribution in [0.4, 0.5) is 5.13 Å². The number of hydrogen-bond acceptors (Lipinski definition) is 6. The molecule has 8 heteroatoms. The molecule has 1 N–H and O–H groups in total. The number of para-hydroxylation sites is 1. The van der Waals surface area contributed by atoms with E-state index in [-0.39, 0.29) is 5.91 Å². The Bertz CT molecular complexity index is 1790. The fourth-order valence-corrected chi connectivity index (χ4v) is 5.40. The number of fused-ring (bicyclic) bond motifs is 1. The molecular weight excluding hydrogens is 530 g/mol. The Balaban J connectivity index is 1.27. The van der Waals surface area contributed by atoms with Crippen molar-refractivity contribution >= 4 is 44.9 Å². The molecule has 6 aromatic rings. The Morgan fingerprint density at radius 3 is 2.56 bits per heavy atom. The third kappa shape index (κ3) is 5.27. The zero-order valence-electron chi connectivity index (χ0n) is 20.9. The summed E-state index contributed by atoms with van der Waals surface area (Å²) in [5, 5.41) is 4.84. The molecule has 0 atom stereocenters. The Labute approximate surface area is 233 Å². The van der Waals surface area contributed by atoms with Gasteiger partial charge in [-0.2, -0.15) is 0 Å². The van der Waals surface area contributed by atoms with Gasteiger partial charge in [0.15, 0.2) is 10.9 Å². The first kappa shape index (κ1) is 24.9. The number of hydrogen-bond donors (Lipinski definition) is 1. The van der Waals surface area contributed by atoms with Crippen LogP contribution in [0.3, 0.4) is 0 Å². The summed E-state index contributed by atoms with van der Waals surface area (Å²) in [5.74, 6) is 1.72.